The molecule has 0 N–H and O–H groups in total. The number of likely N-dealkylation sites (N-methyl/N-ethyl adjacent to an activating group) is 1. The van der Waals surface area contributed by atoms with Crippen molar-refractivity contribution in [1.29, 1.82) is 0 Å². The maximum Gasteiger partial charge on any atom is 0.303 e. The Morgan fingerprint density at radius 3 is 2.06 bits per heavy atom. The number of pyridine rings is 1. The van der Waals surface area contributed by atoms with Crippen LogP contribution in [0.15, 0.2) is 73.1 Å². The van der Waals surface area contributed by atoms with Gasteiger partial charge in [0.1, 0.15) is 6.10 Å². The minimum atomic E-state index is -1.05. The molecule has 1 saturated heterocycles. The second-order valence-electron chi connectivity index (χ2n) is 7.78. The van der Waals surface area contributed by atoms with Crippen LogP contribution in [0.3, 0.4) is 0 Å². The lowest BCUT2D eigenvalue weighted by Crippen LogP contribution is -2.51. The zero-order valence-electron chi connectivity index (χ0n) is 18.0. The summed E-state index contributed by atoms with van der Waals surface area (Å²) in [5.41, 5.74) is 2.31. The van der Waals surface area contributed by atoms with E-state index in [0.717, 1.165) is 11.1 Å². The summed E-state index contributed by atoms with van der Waals surface area (Å²) in [4.78, 5) is 31.1. The number of benzene rings is 2. The van der Waals surface area contributed by atoms with Gasteiger partial charge in [-0.25, -0.2) is 0 Å². The lowest BCUT2D eigenvalue weighted by molar-refractivity contribution is -0.193. The van der Waals surface area contributed by atoms with Gasteiger partial charge >= 0.3 is 5.97 Å². The van der Waals surface area contributed by atoms with Crippen molar-refractivity contribution in [3.63, 3.8) is 0 Å². The van der Waals surface area contributed by atoms with Gasteiger partial charge in [-0.05, 0) is 53.1 Å². The fraction of sp³-hybridized carbons (Fsp3) is 0.240. The highest BCUT2D eigenvalue weighted by Crippen LogP contribution is 2.44. The van der Waals surface area contributed by atoms with E-state index in [4.69, 9.17) is 32.7 Å². The predicted octanol–water partition coefficient (Wildman–Crippen LogP) is 5.33. The second kappa shape index (κ2) is 9.91. The Morgan fingerprint density at radius 1 is 0.970 bits per heavy atom. The van der Waals surface area contributed by atoms with Gasteiger partial charge in [-0.15, -0.1) is 0 Å². The van der Waals surface area contributed by atoms with Gasteiger partial charge in [-0.1, -0.05) is 47.5 Å². The number of morpholine rings is 1. The molecule has 8 heteroatoms. The first-order valence-corrected chi connectivity index (χ1v) is 11.1. The lowest BCUT2D eigenvalue weighted by Gasteiger charge is -2.44. The molecule has 2 heterocycles. The van der Waals surface area contributed by atoms with Crippen LogP contribution in [0.4, 0.5) is 0 Å². The van der Waals surface area contributed by atoms with Gasteiger partial charge in [0.25, 0.3) is 5.91 Å². The number of esters is 1. The molecule has 1 unspecified atom stereocenters. The van der Waals surface area contributed by atoms with Crippen molar-refractivity contribution in [2.75, 3.05) is 7.05 Å². The van der Waals surface area contributed by atoms with E-state index in [1.165, 1.54) is 6.92 Å². The van der Waals surface area contributed by atoms with Crippen LogP contribution in [-0.2, 0) is 19.1 Å². The number of hydrogen-bond acceptors (Lipinski definition) is 5. The molecule has 1 aromatic heterocycles. The molecule has 0 spiro atoms. The van der Waals surface area contributed by atoms with Crippen LogP contribution in [0.25, 0.3) is 0 Å². The fourth-order valence-electron chi connectivity index (χ4n) is 4.04. The molecular formula is C25H22Cl2N2O4. The Labute approximate surface area is 202 Å². The van der Waals surface area contributed by atoms with Crippen molar-refractivity contribution in [3.8, 4) is 0 Å². The molecule has 33 heavy (non-hydrogen) atoms. The Bertz CT molecular complexity index is 1120. The SMILES string of the molecule is CC(=O)OC(c1ccncc1)[C@H]1O[C@H](c2ccc(Cl)cc2)[C@H](c2ccc(Cl)cc2)N(C)C1=O. The Morgan fingerprint density at radius 2 is 1.52 bits per heavy atom. The van der Waals surface area contributed by atoms with Crippen LogP contribution < -0.4 is 0 Å². The molecule has 6 nitrogen and oxygen atoms in total. The number of nitrogens with zero attached hydrogens (tertiary/aromatic N) is 2. The number of hydrogen-bond donors (Lipinski definition) is 0. The highest BCUT2D eigenvalue weighted by molar-refractivity contribution is 6.30. The van der Waals surface area contributed by atoms with Gasteiger partial charge < -0.3 is 14.4 Å². The first kappa shape index (κ1) is 23.2. The van der Waals surface area contributed by atoms with Gasteiger partial charge in [0, 0.05) is 36.4 Å². The van der Waals surface area contributed by atoms with Crippen molar-refractivity contribution < 1.29 is 19.1 Å². The number of rotatable bonds is 5. The molecule has 3 aromatic rings. The molecular weight excluding hydrogens is 463 g/mol. The van der Waals surface area contributed by atoms with Gasteiger partial charge in [-0.2, -0.15) is 0 Å². The Kier molecular flexibility index (Phi) is 6.98. The summed E-state index contributed by atoms with van der Waals surface area (Å²) in [6, 6.07) is 17.5. The van der Waals surface area contributed by atoms with Crippen LogP contribution >= 0.6 is 23.2 Å². The lowest BCUT2D eigenvalue weighted by atomic mass is 9.90. The minimum absolute atomic E-state index is 0.303. The summed E-state index contributed by atoms with van der Waals surface area (Å²) in [7, 11) is 1.72. The van der Waals surface area contributed by atoms with Gasteiger partial charge in [0.05, 0.1) is 6.04 Å². The standard InChI is InChI=1S/C25H22Cl2N2O4/c1-15(30)32-23(18-11-13-28-14-12-18)24-25(31)29(2)21(16-3-7-19(26)8-4-16)22(33-24)17-5-9-20(27)10-6-17/h3-14,21-24H,1-2H3/t21-,22+,23?,24+/m0/s1. The quantitative estimate of drug-likeness (QED) is 0.457. The van der Waals surface area contributed by atoms with Crippen LogP contribution in [0.2, 0.25) is 10.0 Å². The molecule has 1 aliphatic rings. The van der Waals surface area contributed by atoms with Crippen LogP contribution in [-0.4, -0.2) is 34.9 Å². The number of carbonyl (C=O) groups is 2. The van der Waals surface area contributed by atoms with E-state index < -0.39 is 30.3 Å². The molecule has 0 radical (unpaired) electrons. The predicted molar refractivity (Wildman–Crippen MR) is 125 cm³/mol. The first-order valence-electron chi connectivity index (χ1n) is 10.4. The van der Waals surface area contributed by atoms with E-state index in [2.05, 4.69) is 4.98 Å². The van der Waals surface area contributed by atoms with Crippen molar-refractivity contribution in [3.05, 3.63) is 99.8 Å². The maximum atomic E-state index is 13.6. The smallest absolute Gasteiger partial charge is 0.303 e. The van der Waals surface area contributed by atoms with Gasteiger partial charge in [0.15, 0.2) is 12.2 Å². The molecule has 2 aromatic carbocycles. The Balaban J connectivity index is 1.78. The third-order valence-corrected chi connectivity index (χ3v) is 6.10. The van der Waals surface area contributed by atoms with E-state index in [1.807, 2.05) is 24.3 Å². The molecule has 0 saturated carbocycles. The number of aromatic nitrogens is 1. The minimum Gasteiger partial charge on any atom is -0.454 e. The van der Waals surface area contributed by atoms with E-state index in [0.29, 0.717) is 15.6 Å². The summed E-state index contributed by atoms with van der Waals surface area (Å²) in [6.07, 6.45) is 0.634. The highest BCUT2D eigenvalue weighted by Gasteiger charge is 2.47. The third-order valence-electron chi connectivity index (χ3n) is 5.60. The van der Waals surface area contributed by atoms with Crippen LogP contribution in [0, 0.1) is 0 Å². The molecule has 170 valence electrons. The molecule has 1 fully saturated rings. The van der Waals surface area contributed by atoms with E-state index >= 15 is 0 Å². The number of halogens is 2. The highest BCUT2D eigenvalue weighted by atomic mass is 35.5. The molecule has 4 atom stereocenters. The summed E-state index contributed by atoms with van der Waals surface area (Å²) >= 11 is 12.2. The fourth-order valence-corrected chi connectivity index (χ4v) is 4.29. The number of amides is 1. The molecule has 0 bridgehead atoms. The van der Waals surface area contributed by atoms with Crippen LogP contribution in [0.5, 0.6) is 0 Å². The van der Waals surface area contributed by atoms with E-state index in [1.54, 1.807) is 60.7 Å². The average molecular weight is 485 g/mol. The van der Waals surface area contributed by atoms with Gasteiger partial charge in [-0.3, -0.25) is 14.6 Å². The van der Waals surface area contributed by atoms with Crippen molar-refractivity contribution >= 4 is 35.1 Å². The first-order chi connectivity index (χ1) is 15.8. The van der Waals surface area contributed by atoms with Crippen molar-refractivity contribution in [1.82, 2.24) is 9.88 Å². The zero-order valence-corrected chi connectivity index (χ0v) is 19.5. The van der Waals surface area contributed by atoms with Gasteiger partial charge in [0.2, 0.25) is 0 Å². The van der Waals surface area contributed by atoms with Crippen molar-refractivity contribution in [2.45, 2.75) is 31.3 Å². The van der Waals surface area contributed by atoms with E-state index in [-0.39, 0.29) is 5.91 Å². The second-order valence-corrected chi connectivity index (χ2v) is 8.66. The number of carbonyl (C=O) groups excluding carboxylic acids is 2. The topological polar surface area (TPSA) is 68.7 Å². The van der Waals surface area contributed by atoms with Crippen LogP contribution in [0.1, 0.15) is 41.9 Å². The summed E-state index contributed by atoms with van der Waals surface area (Å²) in [6.45, 7) is 1.30. The molecule has 0 aliphatic carbocycles. The summed E-state index contributed by atoms with van der Waals surface area (Å²) < 4.78 is 12.0. The Hall–Kier alpha value is -2.93. The summed E-state index contributed by atoms with van der Waals surface area (Å²) in [5, 5.41) is 1.19. The molecule has 4 rings (SSSR count). The molecule has 1 aliphatic heterocycles. The van der Waals surface area contributed by atoms with Crippen molar-refractivity contribution in [2.24, 2.45) is 0 Å². The zero-order chi connectivity index (χ0) is 23.5. The third kappa shape index (κ3) is 5.03. The van der Waals surface area contributed by atoms with E-state index in [9.17, 15) is 9.59 Å². The largest absolute Gasteiger partial charge is 0.454 e. The monoisotopic (exact) mass is 484 g/mol. The maximum absolute atomic E-state index is 13.6. The average Bonchev–Trinajstić information content (AvgIpc) is 2.81. The molecule has 1 amide bonds. The number of ether oxygens (including phenoxy) is 2. The normalized spacial score (nSPS) is 21.5. The summed E-state index contributed by atoms with van der Waals surface area (Å²) in [5.74, 6) is -0.818.